The van der Waals surface area contributed by atoms with Crippen LogP contribution in [0.1, 0.15) is 17.3 Å². The Kier molecular flexibility index (Phi) is 6.77. The second-order valence-corrected chi connectivity index (χ2v) is 8.11. The van der Waals surface area contributed by atoms with E-state index < -0.39 is 16.8 Å². The molecule has 0 bridgehead atoms. The molecule has 30 heavy (non-hydrogen) atoms. The number of ether oxygens (including phenoxy) is 1. The SMILES string of the molecule is CCOC(=O)Cn1c(=NC(=O)c2cc([N+](=O)[O-])ccc2Cl)sc2cc(Cl)cc(Cl)c21. The third kappa shape index (κ3) is 4.65. The van der Waals surface area contributed by atoms with E-state index in [9.17, 15) is 19.7 Å². The van der Waals surface area contributed by atoms with Crippen LogP contribution in [0.25, 0.3) is 10.2 Å². The summed E-state index contributed by atoms with van der Waals surface area (Å²) in [6, 6.07) is 6.60. The first kappa shape index (κ1) is 22.2. The molecule has 0 N–H and O–H groups in total. The highest BCUT2D eigenvalue weighted by Gasteiger charge is 2.18. The van der Waals surface area contributed by atoms with Crippen molar-refractivity contribution >= 4 is 73.9 Å². The van der Waals surface area contributed by atoms with E-state index in [1.807, 2.05) is 0 Å². The number of nitro benzene ring substituents is 1. The van der Waals surface area contributed by atoms with Gasteiger partial charge in [-0.2, -0.15) is 4.99 Å². The lowest BCUT2D eigenvalue weighted by Gasteiger charge is -2.06. The Bertz CT molecular complexity index is 1250. The van der Waals surface area contributed by atoms with Gasteiger partial charge in [-0.1, -0.05) is 46.1 Å². The van der Waals surface area contributed by atoms with Crippen LogP contribution in [-0.2, 0) is 16.1 Å². The number of thiazole rings is 1. The number of amides is 1. The zero-order valence-corrected chi connectivity index (χ0v) is 18.3. The molecule has 156 valence electrons. The Morgan fingerprint density at radius 2 is 1.93 bits per heavy atom. The van der Waals surface area contributed by atoms with Gasteiger partial charge in [0.25, 0.3) is 11.6 Å². The summed E-state index contributed by atoms with van der Waals surface area (Å²) in [4.78, 5) is 39.4. The molecule has 0 spiro atoms. The lowest BCUT2D eigenvalue weighted by Crippen LogP contribution is -2.23. The lowest BCUT2D eigenvalue weighted by atomic mass is 10.2. The minimum absolute atomic E-state index is 0.00785. The van der Waals surface area contributed by atoms with Crippen LogP contribution in [0, 0.1) is 10.1 Å². The number of fused-ring (bicyclic) bond motifs is 1. The largest absolute Gasteiger partial charge is 0.465 e. The Labute approximate surface area is 188 Å². The highest BCUT2D eigenvalue weighted by molar-refractivity contribution is 7.16. The standard InChI is InChI=1S/C18H12Cl3N3O5S/c1-2-29-15(25)8-23-16-13(21)5-9(19)6-14(16)30-18(23)22-17(26)11-7-10(24(27)28)3-4-12(11)20/h3-7H,2,8H2,1H3. The molecular weight excluding hydrogens is 477 g/mol. The monoisotopic (exact) mass is 487 g/mol. The highest BCUT2D eigenvalue weighted by atomic mass is 35.5. The summed E-state index contributed by atoms with van der Waals surface area (Å²) in [5.41, 5.74) is 0.00876. The number of hydrogen-bond donors (Lipinski definition) is 0. The Morgan fingerprint density at radius 1 is 1.20 bits per heavy atom. The maximum absolute atomic E-state index is 12.7. The molecule has 1 aromatic heterocycles. The number of halogens is 3. The van der Waals surface area contributed by atoms with Crippen molar-refractivity contribution < 1.29 is 19.2 Å². The van der Waals surface area contributed by atoms with Gasteiger partial charge in [-0.3, -0.25) is 19.7 Å². The van der Waals surface area contributed by atoms with E-state index in [0.29, 0.717) is 15.2 Å². The van der Waals surface area contributed by atoms with Crippen molar-refractivity contribution in [2.24, 2.45) is 4.99 Å². The van der Waals surface area contributed by atoms with Gasteiger partial charge in [0, 0.05) is 17.2 Å². The number of carbonyl (C=O) groups is 2. The Balaban J connectivity index is 2.19. The molecule has 0 saturated heterocycles. The second-order valence-electron chi connectivity index (χ2n) is 5.85. The number of non-ortho nitro benzene ring substituents is 1. The molecule has 1 heterocycles. The average molecular weight is 489 g/mol. The molecule has 8 nitrogen and oxygen atoms in total. The number of rotatable bonds is 5. The molecule has 0 atom stereocenters. The molecule has 0 radical (unpaired) electrons. The number of esters is 1. The zero-order chi connectivity index (χ0) is 22.0. The van der Waals surface area contributed by atoms with Crippen LogP contribution in [0.5, 0.6) is 0 Å². The molecule has 0 saturated carbocycles. The van der Waals surface area contributed by atoms with Crippen LogP contribution in [0.2, 0.25) is 15.1 Å². The summed E-state index contributed by atoms with van der Waals surface area (Å²) >= 11 is 19.5. The molecule has 1 amide bonds. The van der Waals surface area contributed by atoms with Gasteiger partial charge in [0.1, 0.15) is 6.54 Å². The second kappa shape index (κ2) is 9.13. The van der Waals surface area contributed by atoms with Gasteiger partial charge in [-0.05, 0) is 25.1 Å². The molecule has 2 aromatic carbocycles. The first-order chi connectivity index (χ1) is 14.2. The Morgan fingerprint density at radius 3 is 2.60 bits per heavy atom. The first-order valence-electron chi connectivity index (χ1n) is 8.38. The van der Waals surface area contributed by atoms with Crippen LogP contribution in [0.15, 0.2) is 35.3 Å². The van der Waals surface area contributed by atoms with Gasteiger partial charge >= 0.3 is 5.97 Å². The molecule has 3 rings (SSSR count). The van der Waals surface area contributed by atoms with Crippen LogP contribution >= 0.6 is 46.1 Å². The van der Waals surface area contributed by atoms with Crippen LogP contribution in [0.4, 0.5) is 5.69 Å². The number of nitrogens with zero attached hydrogens (tertiary/aromatic N) is 3. The molecule has 0 aliphatic rings. The molecular formula is C18H12Cl3N3O5S. The van der Waals surface area contributed by atoms with Crippen molar-refractivity contribution in [3.8, 4) is 0 Å². The minimum atomic E-state index is -0.810. The number of carbonyl (C=O) groups excluding carboxylic acids is 2. The number of nitro groups is 1. The summed E-state index contributed by atoms with van der Waals surface area (Å²) in [6.45, 7) is 1.60. The maximum Gasteiger partial charge on any atom is 0.326 e. The fourth-order valence-electron chi connectivity index (χ4n) is 2.63. The van der Waals surface area contributed by atoms with Crippen molar-refractivity contribution in [3.05, 3.63) is 65.9 Å². The minimum Gasteiger partial charge on any atom is -0.465 e. The molecule has 3 aromatic rings. The maximum atomic E-state index is 12.7. The van der Waals surface area contributed by atoms with Crippen LogP contribution < -0.4 is 4.80 Å². The first-order valence-corrected chi connectivity index (χ1v) is 10.3. The summed E-state index contributed by atoms with van der Waals surface area (Å²) in [7, 11) is 0. The smallest absolute Gasteiger partial charge is 0.326 e. The van der Waals surface area contributed by atoms with E-state index >= 15 is 0 Å². The fraction of sp³-hybridized carbons (Fsp3) is 0.167. The zero-order valence-electron chi connectivity index (χ0n) is 15.2. The van der Waals surface area contributed by atoms with Crippen molar-refractivity contribution in [3.63, 3.8) is 0 Å². The molecule has 12 heteroatoms. The summed E-state index contributed by atoms with van der Waals surface area (Å²) < 4.78 is 7.01. The van der Waals surface area contributed by atoms with Crippen molar-refractivity contribution in [1.82, 2.24) is 4.57 Å². The third-order valence-electron chi connectivity index (χ3n) is 3.88. The van der Waals surface area contributed by atoms with E-state index in [-0.39, 0.29) is 39.2 Å². The lowest BCUT2D eigenvalue weighted by molar-refractivity contribution is -0.384. The van der Waals surface area contributed by atoms with Gasteiger partial charge in [0.05, 0.1) is 37.4 Å². The number of aromatic nitrogens is 1. The van der Waals surface area contributed by atoms with Crippen LogP contribution in [0.3, 0.4) is 0 Å². The van der Waals surface area contributed by atoms with Gasteiger partial charge in [-0.15, -0.1) is 0 Å². The summed E-state index contributed by atoms with van der Waals surface area (Å²) in [6.07, 6.45) is 0. The van der Waals surface area contributed by atoms with Crippen molar-refractivity contribution in [1.29, 1.82) is 0 Å². The summed E-state index contributed by atoms with van der Waals surface area (Å²) in [5.74, 6) is -1.36. The van der Waals surface area contributed by atoms with E-state index in [1.54, 1.807) is 13.0 Å². The van der Waals surface area contributed by atoms with Crippen molar-refractivity contribution in [2.75, 3.05) is 6.61 Å². The summed E-state index contributed by atoms with van der Waals surface area (Å²) in [5, 5.41) is 11.7. The highest BCUT2D eigenvalue weighted by Crippen LogP contribution is 2.30. The normalized spacial score (nSPS) is 11.7. The van der Waals surface area contributed by atoms with Gasteiger partial charge in [-0.25, -0.2) is 0 Å². The van der Waals surface area contributed by atoms with Gasteiger partial charge < -0.3 is 9.30 Å². The predicted molar refractivity (Wildman–Crippen MR) is 114 cm³/mol. The van der Waals surface area contributed by atoms with Gasteiger partial charge in [0.2, 0.25) is 0 Å². The number of hydrogen-bond acceptors (Lipinski definition) is 6. The van der Waals surface area contributed by atoms with Crippen molar-refractivity contribution in [2.45, 2.75) is 13.5 Å². The molecule has 0 fully saturated rings. The third-order valence-corrected chi connectivity index (χ3v) is 5.74. The molecule has 0 aliphatic carbocycles. The van der Waals surface area contributed by atoms with E-state index in [0.717, 1.165) is 17.4 Å². The molecule has 0 unspecified atom stereocenters. The Hall–Kier alpha value is -2.46. The van der Waals surface area contributed by atoms with E-state index in [4.69, 9.17) is 39.5 Å². The predicted octanol–water partition coefficient (Wildman–Crippen LogP) is 4.88. The quantitative estimate of drug-likeness (QED) is 0.289. The van der Waals surface area contributed by atoms with Crippen LogP contribution in [-0.4, -0.2) is 28.0 Å². The van der Waals surface area contributed by atoms with E-state index in [2.05, 4.69) is 4.99 Å². The van der Waals surface area contributed by atoms with E-state index in [1.165, 1.54) is 22.8 Å². The topological polar surface area (TPSA) is 104 Å². The fourth-order valence-corrected chi connectivity index (χ4v) is 4.64. The molecule has 0 aliphatic heterocycles. The average Bonchev–Trinajstić information content (AvgIpc) is 2.98. The van der Waals surface area contributed by atoms with Gasteiger partial charge in [0.15, 0.2) is 4.80 Å². The number of benzene rings is 2.